The number of aryl methyl sites for hydroxylation is 2. The molecule has 2 aromatic heterocycles. The van der Waals surface area contributed by atoms with Crippen LogP contribution in [0, 0.1) is 20.8 Å². The summed E-state index contributed by atoms with van der Waals surface area (Å²) < 4.78 is 5.14. The van der Waals surface area contributed by atoms with Crippen molar-refractivity contribution in [2.24, 2.45) is 0 Å². The number of benzene rings is 1. The molecule has 0 aliphatic heterocycles. The fourth-order valence-corrected chi connectivity index (χ4v) is 4.64. The molecule has 0 fully saturated rings. The SMILES string of the molecule is CCOC(=O)c1c(NC(=O)CSc2cc(-c3ccccc3)nc(C)n2)sc(C)c1C. The lowest BCUT2D eigenvalue weighted by Gasteiger charge is -2.08. The minimum atomic E-state index is -0.416. The zero-order valence-electron chi connectivity index (χ0n) is 17.3. The Bertz CT molecular complexity index is 1060. The van der Waals surface area contributed by atoms with Crippen molar-refractivity contribution >= 4 is 40.0 Å². The Kier molecular flexibility index (Phi) is 7.23. The first-order chi connectivity index (χ1) is 14.4. The third-order valence-corrected chi connectivity index (χ3v) is 6.39. The monoisotopic (exact) mass is 441 g/mol. The van der Waals surface area contributed by atoms with Crippen LogP contribution in [0.3, 0.4) is 0 Å². The van der Waals surface area contributed by atoms with E-state index in [1.165, 1.54) is 23.1 Å². The van der Waals surface area contributed by atoms with Crippen molar-refractivity contribution in [1.29, 1.82) is 0 Å². The maximum absolute atomic E-state index is 12.6. The van der Waals surface area contributed by atoms with Crippen molar-refractivity contribution in [2.75, 3.05) is 17.7 Å². The third-order valence-electron chi connectivity index (χ3n) is 4.35. The second-order valence-electron chi connectivity index (χ2n) is 6.55. The molecule has 0 radical (unpaired) electrons. The second kappa shape index (κ2) is 9.86. The Morgan fingerprint density at radius 3 is 2.57 bits per heavy atom. The highest BCUT2D eigenvalue weighted by Gasteiger charge is 2.22. The van der Waals surface area contributed by atoms with Crippen LogP contribution in [0.4, 0.5) is 5.00 Å². The largest absolute Gasteiger partial charge is 0.462 e. The number of anilines is 1. The Labute approximate surface area is 184 Å². The summed E-state index contributed by atoms with van der Waals surface area (Å²) in [7, 11) is 0. The normalized spacial score (nSPS) is 10.7. The summed E-state index contributed by atoms with van der Waals surface area (Å²) in [4.78, 5) is 34.7. The Morgan fingerprint density at radius 2 is 1.87 bits per heavy atom. The van der Waals surface area contributed by atoms with Crippen LogP contribution in [0.5, 0.6) is 0 Å². The summed E-state index contributed by atoms with van der Waals surface area (Å²) in [5.41, 5.74) is 3.08. The molecule has 8 heteroatoms. The number of amides is 1. The van der Waals surface area contributed by atoms with Gasteiger partial charge in [0.05, 0.1) is 23.6 Å². The lowest BCUT2D eigenvalue weighted by molar-refractivity contribution is -0.113. The van der Waals surface area contributed by atoms with Crippen molar-refractivity contribution in [3.05, 3.63) is 58.2 Å². The fraction of sp³-hybridized carbons (Fsp3) is 0.273. The third kappa shape index (κ3) is 5.25. The topological polar surface area (TPSA) is 81.2 Å². The van der Waals surface area contributed by atoms with Crippen molar-refractivity contribution in [3.63, 3.8) is 0 Å². The Hall–Kier alpha value is -2.71. The van der Waals surface area contributed by atoms with Gasteiger partial charge in [-0.15, -0.1) is 11.3 Å². The molecule has 3 aromatic rings. The summed E-state index contributed by atoms with van der Waals surface area (Å²) in [6, 6.07) is 11.7. The number of hydrogen-bond donors (Lipinski definition) is 1. The van der Waals surface area contributed by atoms with E-state index in [1.807, 2.05) is 57.2 Å². The van der Waals surface area contributed by atoms with E-state index >= 15 is 0 Å². The van der Waals surface area contributed by atoms with Crippen LogP contribution in [0.1, 0.15) is 33.5 Å². The van der Waals surface area contributed by atoms with Gasteiger partial charge in [0.25, 0.3) is 0 Å². The van der Waals surface area contributed by atoms with Crippen LogP contribution in [-0.2, 0) is 9.53 Å². The molecule has 0 unspecified atom stereocenters. The molecule has 2 heterocycles. The van der Waals surface area contributed by atoms with Crippen LogP contribution in [0.15, 0.2) is 41.4 Å². The van der Waals surface area contributed by atoms with Gasteiger partial charge in [-0.05, 0) is 39.3 Å². The number of ether oxygens (including phenoxy) is 1. The average Bonchev–Trinajstić information content (AvgIpc) is 3.00. The highest BCUT2D eigenvalue weighted by atomic mass is 32.2. The number of carbonyl (C=O) groups is 2. The standard InChI is InChI=1S/C22H23N3O3S2/c1-5-28-22(27)20-13(2)14(3)30-21(20)25-18(26)12-29-19-11-17(23-15(4)24-19)16-9-7-6-8-10-16/h6-11H,5,12H2,1-4H3,(H,25,26). The van der Waals surface area contributed by atoms with Gasteiger partial charge in [0.1, 0.15) is 15.9 Å². The first kappa shape index (κ1) is 22.0. The van der Waals surface area contributed by atoms with Gasteiger partial charge in [-0.1, -0.05) is 42.1 Å². The fourth-order valence-electron chi connectivity index (χ4n) is 2.84. The van der Waals surface area contributed by atoms with E-state index in [1.54, 1.807) is 6.92 Å². The summed E-state index contributed by atoms with van der Waals surface area (Å²) in [6.45, 7) is 7.65. The summed E-state index contributed by atoms with van der Waals surface area (Å²) in [5.74, 6) is 0.196. The number of thiophene rings is 1. The highest BCUT2D eigenvalue weighted by Crippen LogP contribution is 2.33. The smallest absolute Gasteiger partial charge is 0.341 e. The number of aromatic nitrogens is 2. The van der Waals surface area contributed by atoms with E-state index in [-0.39, 0.29) is 18.3 Å². The molecule has 0 saturated carbocycles. The average molecular weight is 442 g/mol. The minimum absolute atomic E-state index is 0.170. The Balaban J connectivity index is 1.71. The minimum Gasteiger partial charge on any atom is -0.462 e. The molecular weight excluding hydrogens is 418 g/mol. The van der Waals surface area contributed by atoms with Crippen LogP contribution >= 0.6 is 23.1 Å². The lowest BCUT2D eigenvalue weighted by Crippen LogP contribution is -2.16. The highest BCUT2D eigenvalue weighted by molar-refractivity contribution is 7.99. The van der Waals surface area contributed by atoms with Crippen molar-refractivity contribution in [3.8, 4) is 11.3 Å². The molecule has 1 N–H and O–H groups in total. The maximum atomic E-state index is 12.6. The molecule has 0 spiro atoms. The van der Waals surface area contributed by atoms with E-state index in [2.05, 4.69) is 15.3 Å². The summed E-state index contributed by atoms with van der Waals surface area (Å²) in [5, 5.41) is 4.11. The van der Waals surface area contributed by atoms with Gasteiger partial charge in [-0.25, -0.2) is 14.8 Å². The number of esters is 1. The molecule has 1 aromatic carbocycles. The van der Waals surface area contributed by atoms with Crippen LogP contribution in [0.2, 0.25) is 0 Å². The van der Waals surface area contributed by atoms with Crippen molar-refractivity contribution in [2.45, 2.75) is 32.7 Å². The van der Waals surface area contributed by atoms with Crippen LogP contribution in [-0.4, -0.2) is 34.2 Å². The van der Waals surface area contributed by atoms with Gasteiger partial charge < -0.3 is 10.1 Å². The molecule has 0 bridgehead atoms. The molecule has 156 valence electrons. The molecule has 0 atom stereocenters. The summed E-state index contributed by atoms with van der Waals surface area (Å²) >= 11 is 2.71. The lowest BCUT2D eigenvalue weighted by atomic mass is 10.1. The molecule has 6 nitrogen and oxygen atoms in total. The molecule has 0 aliphatic carbocycles. The van der Waals surface area contributed by atoms with Crippen molar-refractivity contribution in [1.82, 2.24) is 9.97 Å². The first-order valence-corrected chi connectivity index (χ1v) is 11.3. The number of hydrogen-bond acceptors (Lipinski definition) is 7. The first-order valence-electron chi connectivity index (χ1n) is 9.50. The van der Waals surface area contributed by atoms with Gasteiger partial charge in [0, 0.05) is 10.4 Å². The van der Waals surface area contributed by atoms with Crippen molar-refractivity contribution < 1.29 is 14.3 Å². The van der Waals surface area contributed by atoms with E-state index < -0.39 is 5.97 Å². The summed E-state index contributed by atoms with van der Waals surface area (Å²) in [6.07, 6.45) is 0. The van der Waals surface area contributed by atoms with Gasteiger partial charge in [0.15, 0.2) is 0 Å². The molecule has 1 amide bonds. The van der Waals surface area contributed by atoms with E-state index in [4.69, 9.17) is 4.74 Å². The van der Waals surface area contributed by atoms with Gasteiger partial charge in [-0.3, -0.25) is 4.79 Å². The van der Waals surface area contributed by atoms with Crippen LogP contribution in [0.25, 0.3) is 11.3 Å². The predicted molar refractivity (Wildman–Crippen MR) is 121 cm³/mol. The molecule has 0 aliphatic rings. The number of thioether (sulfide) groups is 1. The van der Waals surface area contributed by atoms with E-state index in [0.29, 0.717) is 16.4 Å². The van der Waals surface area contributed by atoms with E-state index in [0.717, 1.165) is 26.7 Å². The quantitative estimate of drug-likeness (QED) is 0.314. The predicted octanol–water partition coefficient (Wildman–Crippen LogP) is 5.04. The molecule has 30 heavy (non-hydrogen) atoms. The number of rotatable bonds is 7. The molecule has 3 rings (SSSR count). The number of nitrogens with one attached hydrogen (secondary N) is 1. The maximum Gasteiger partial charge on any atom is 0.341 e. The molecule has 0 saturated heterocycles. The van der Waals surface area contributed by atoms with Crippen LogP contribution < -0.4 is 5.32 Å². The second-order valence-corrected chi connectivity index (χ2v) is 8.77. The number of carbonyl (C=O) groups excluding carboxylic acids is 2. The van der Waals surface area contributed by atoms with E-state index in [9.17, 15) is 9.59 Å². The van der Waals surface area contributed by atoms with Gasteiger partial charge >= 0.3 is 5.97 Å². The zero-order chi connectivity index (χ0) is 21.7. The van der Waals surface area contributed by atoms with Gasteiger partial charge in [0.2, 0.25) is 5.91 Å². The number of nitrogens with zero attached hydrogens (tertiary/aromatic N) is 2. The zero-order valence-corrected chi connectivity index (χ0v) is 18.9. The molecular formula is C22H23N3O3S2. The van der Waals surface area contributed by atoms with Gasteiger partial charge in [-0.2, -0.15) is 0 Å². The Morgan fingerprint density at radius 1 is 1.13 bits per heavy atom.